The fourth-order valence-electron chi connectivity index (χ4n) is 2.36. The largest absolute Gasteiger partial charge is 0.480 e. The van der Waals surface area contributed by atoms with E-state index in [0.717, 1.165) is 10.5 Å². The second-order valence-corrected chi connectivity index (χ2v) is 4.98. The molecule has 1 aromatic heterocycles. The molecule has 1 fully saturated rings. The zero-order chi connectivity index (χ0) is 15.6. The van der Waals surface area contributed by atoms with Crippen LogP contribution in [0.3, 0.4) is 0 Å². The molecule has 0 saturated carbocycles. The van der Waals surface area contributed by atoms with Crippen molar-refractivity contribution in [2.75, 3.05) is 13.1 Å². The average molecular weight is 295 g/mol. The molecule has 0 radical (unpaired) electrons. The molecule has 2 heterocycles. The molecule has 1 aliphatic rings. The molecule has 8 heteroatoms. The zero-order valence-corrected chi connectivity index (χ0v) is 11.9. The van der Waals surface area contributed by atoms with Gasteiger partial charge in [-0.25, -0.2) is 4.79 Å². The van der Waals surface area contributed by atoms with Gasteiger partial charge in [0, 0.05) is 18.5 Å². The molecule has 1 aromatic rings. The van der Waals surface area contributed by atoms with Gasteiger partial charge in [0.05, 0.1) is 5.69 Å². The van der Waals surface area contributed by atoms with Gasteiger partial charge in [-0.05, 0) is 20.3 Å². The number of aryl methyl sites for hydroxylation is 2. The lowest BCUT2D eigenvalue weighted by atomic mass is 10.1. The summed E-state index contributed by atoms with van der Waals surface area (Å²) in [5.74, 6) is -1.19. The van der Waals surface area contributed by atoms with Crippen molar-refractivity contribution in [3.8, 4) is 0 Å². The van der Waals surface area contributed by atoms with Crippen molar-refractivity contribution in [2.45, 2.75) is 32.7 Å². The zero-order valence-electron chi connectivity index (χ0n) is 11.9. The van der Waals surface area contributed by atoms with Crippen LogP contribution in [0.1, 0.15) is 23.4 Å². The predicted octanol–water partition coefficient (Wildman–Crippen LogP) is -0.364. The summed E-state index contributed by atoms with van der Waals surface area (Å²) in [5, 5.41) is 15.4. The van der Waals surface area contributed by atoms with Crippen LogP contribution >= 0.6 is 0 Å². The number of aromatic nitrogens is 1. The first-order chi connectivity index (χ1) is 9.90. The number of carboxylic acid groups (broad SMARTS) is 1. The van der Waals surface area contributed by atoms with Gasteiger partial charge in [0.2, 0.25) is 11.8 Å². The van der Waals surface area contributed by atoms with Gasteiger partial charge in [0.1, 0.15) is 18.3 Å². The minimum atomic E-state index is -1.12. The van der Waals surface area contributed by atoms with Gasteiger partial charge in [0.25, 0.3) is 0 Å². The topological polar surface area (TPSA) is 113 Å². The molecule has 114 valence electrons. The molecule has 1 saturated heterocycles. The molecule has 1 atom stereocenters. The molecule has 2 N–H and O–H groups in total. The molecular weight excluding hydrogens is 278 g/mol. The van der Waals surface area contributed by atoms with E-state index >= 15 is 0 Å². The van der Waals surface area contributed by atoms with E-state index in [1.165, 1.54) is 0 Å². The lowest BCUT2D eigenvalue weighted by Gasteiger charge is -2.32. The summed E-state index contributed by atoms with van der Waals surface area (Å²) in [6.07, 6.45) is 0.518. The maximum atomic E-state index is 12.2. The van der Waals surface area contributed by atoms with E-state index in [4.69, 9.17) is 9.63 Å². The molecule has 0 aromatic carbocycles. The molecule has 1 unspecified atom stereocenters. The monoisotopic (exact) mass is 295 g/mol. The van der Waals surface area contributed by atoms with Gasteiger partial charge in [-0.2, -0.15) is 0 Å². The Balaban J connectivity index is 2.04. The van der Waals surface area contributed by atoms with E-state index in [1.807, 2.05) is 0 Å². The smallest absolute Gasteiger partial charge is 0.328 e. The van der Waals surface area contributed by atoms with Gasteiger partial charge < -0.3 is 19.8 Å². The molecule has 21 heavy (non-hydrogen) atoms. The van der Waals surface area contributed by atoms with Crippen molar-refractivity contribution in [3.05, 3.63) is 17.0 Å². The summed E-state index contributed by atoms with van der Waals surface area (Å²) < 4.78 is 5.02. The number of piperazine rings is 1. The number of carbonyl (C=O) groups is 3. The minimum absolute atomic E-state index is 0.0643. The normalized spacial score (nSPS) is 18.5. The van der Waals surface area contributed by atoms with E-state index in [1.54, 1.807) is 13.8 Å². The molecular formula is C13H17N3O5. The van der Waals surface area contributed by atoms with Crippen LogP contribution in [0.2, 0.25) is 0 Å². The Morgan fingerprint density at radius 2 is 2.19 bits per heavy atom. The fourth-order valence-corrected chi connectivity index (χ4v) is 2.36. The standard InChI is InChI=1S/C13H17N3O5/c1-7-9(8(2)21-15-7)3-4-12(18)16-6-11(17)14-5-10(16)13(19)20/h10H,3-6H2,1-2H3,(H,14,17)(H,19,20). The van der Waals surface area contributed by atoms with Crippen molar-refractivity contribution < 1.29 is 24.0 Å². The lowest BCUT2D eigenvalue weighted by Crippen LogP contribution is -2.59. The Morgan fingerprint density at radius 3 is 2.76 bits per heavy atom. The molecule has 0 aliphatic carbocycles. The third-order valence-electron chi connectivity index (χ3n) is 3.56. The first-order valence-corrected chi connectivity index (χ1v) is 6.61. The summed E-state index contributed by atoms with van der Waals surface area (Å²) in [4.78, 5) is 35.8. The van der Waals surface area contributed by atoms with E-state index in [9.17, 15) is 14.4 Å². The number of carbonyl (C=O) groups excluding carboxylic acids is 2. The van der Waals surface area contributed by atoms with Gasteiger partial charge in [-0.1, -0.05) is 5.16 Å². The van der Waals surface area contributed by atoms with Gasteiger partial charge >= 0.3 is 5.97 Å². The van der Waals surface area contributed by atoms with Crippen LogP contribution in [0.4, 0.5) is 0 Å². The van der Waals surface area contributed by atoms with Crippen molar-refractivity contribution >= 4 is 17.8 Å². The minimum Gasteiger partial charge on any atom is -0.480 e. The Morgan fingerprint density at radius 1 is 1.48 bits per heavy atom. The third-order valence-corrected chi connectivity index (χ3v) is 3.56. The van der Waals surface area contributed by atoms with E-state index in [2.05, 4.69) is 10.5 Å². The maximum absolute atomic E-state index is 12.2. The number of hydrogen-bond acceptors (Lipinski definition) is 5. The first kappa shape index (κ1) is 15.0. The van der Waals surface area contributed by atoms with Crippen LogP contribution in [-0.4, -0.2) is 52.1 Å². The molecule has 8 nitrogen and oxygen atoms in total. The van der Waals surface area contributed by atoms with Gasteiger partial charge in [-0.3, -0.25) is 9.59 Å². The molecule has 2 amide bonds. The Bertz CT molecular complexity index is 561. The molecule has 0 spiro atoms. The van der Waals surface area contributed by atoms with Crippen LogP contribution in [0, 0.1) is 13.8 Å². The van der Waals surface area contributed by atoms with Crippen molar-refractivity contribution in [1.82, 2.24) is 15.4 Å². The SMILES string of the molecule is Cc1noc(C)c1CCC(=O)N1CC(=O)NCC1C(=O)O. The van der Waals surface area contributed by atoms with Crippen LogP contribution in [-0.2, 0) is 20.8 Å². The number of aliphatic carboxylic acids is 1. The summed E-state index contributed by atoms with van der Waals surface area (Å²) in [6, 6.07) is -1.01. The number of rotatable bonds is 4. The maximum Gasteiger partial charge on any atom is 0.328 e. The van der Waals surface area contributed by atoms with Crippen LogP contribution in [0.5, 0.6) is 0 Å². The average Bonchev–Trinajstić information content (AvgIpc) is 2.75. The van der Waals surface area contributed by atoms with Crippen LogP contribution in [0.25, 0.3) is 0 Å². The number of carboxylic acids is 1. The van der Waals surface area contributed by atoms with Crippen molar-refractivity contribution in [3.63, 3.8) is 0 Å². The van der Waals surface area contributed by atoms with E-state index < -0.39 is 12.0 Å². The van der Waals surface area contributed by atoms with Crippen LogP contribution < -0.4 is 5.32 Å². The Hall–Kier alpha value is -2.38. The quantitative estimate of drug-likeness (QED) is 0.784. The summed E-state index contributed by atoms with van der Waals surface area (Å²) in [7, 11) is 0. The Labute approximate surface area is 121 Å². The highest BCUT2D eigenvalue weighted by Crippen LogP contribution is 2.16. The second kappa shape index (κ2) is 5.94. The van der Waals surface area contributed by atoms with Crippen molar-refractivity contribution in [1.29, 1.82) is 0 Å². The highest BCUT2D eigenvalue weighted by atomic mass is 16.5. The van der Waals surface area contributed by atoms with Gasteiger partial charge in [0.15, 0.2) is 0 Å². The fraction of sp³-hybridized carbons (Fsp3) is 0.538. The van der Waals surface area contributed by atoms with E-state index in [-0.39, 0.29) is 31.3 Å². The number of amides is 2. The highest BCUT2D eigenvalue weighted by molar-refractivity contribution is 5.91. The van der Waals surface area contributed by atoms with Gasteiger partial charge in [-0.15, -0.1) is 0 Å². The van der Waals surface area contributed by atoms with E-state index in [0.29, 0.717) is 17.9 Å². The molecule has 1 aliphatic heterocycles. The van der Waals surface area contributed by atoms with Crippen LogP contribution in [0.15, 0.2) is 4.52 Å². The number of nitrogens with zero attached hydrogens (tertiary/aromatic N) is 2. The summed E-state index contributed by atoms with van der Waals surface area (Å²) in [6.45, 7) is 3.25. The second-order valence-electron chi connectivity index (χ2n) is 4.98. The molecule has 2 rings (SSSR count). The summed E-state index contributed by atoms with van der Waals surface area (Å²) in [5.41, 5.74) is 1.56. The first-order valence-electron chi connectivity index (χ1n) is 6.61. The summed E-state index contributed by atoms with van der Waals surface area (Å²) >= 11 is 0. The van der Waals surface area contributed by atoms with Crippen molar-refractivity contribution in [2.24, 2.45) is 0 Å². The highest BCUT2D eigenvalue weighted by Gasteiger charge is 2.34. The Kier molecular flexibility index (Phi) is 4.25. The lowest BCUT2D eigenvalue weighted by molar-refractivity contribution is -0.154. The number of nitrogens with one attached hydrogen (secondary N) is 1. The molecule has 0 bridgehead atoms. The number of hydrogen-bond donors (Lipinski definition) is 2. The third kappa shape index (κ3) is 3.21. The predicted molar refractivity (Wildman–Crippen MR) is 70.4 cm³/mol.